The van der Waals surface area contributed by atoms with Gasteiger partial charge in [-0.2, -0.15) is 0 Å². The molecule has 0 amide bonds. The van der Waals surface area contributed by atoms with E-state index < -0.39 is 8.07 Å². The Hall–Kier alpha value is -0.843. The molecule has 0 N–H and O–H groups in total. The van der Waals surface area contributed by atoms with Crippen molar-refractivity contribution in [1.82, 2.24) is 9.55 Å². The van der Waals surface area contributed by atoms with Crippen molar-refractivity contribution in [2.75, 3.05) is 6.61 Å². The molecule has 0 unspecified atom stereocenters. The second kappa shape index (κ2) is 5.43. The first kappa shape index (κ1) is 13.6. The van der Waals surface area contributed by atoms with Crippen LogP contribution in [0.4, 0.5) is 0 Å². The number of hydrogen-bond donors (Lipinski definition) is 0. The minimum absolute atomic E-state index is 0.541. The van der Waals surface area contributed by atoms with Gasteiger partial charge < -0.3 is 9.30 Å². The van der Waals surface area contributed by atoms with Crippen LogP contribution in [-0.2, 0) is 11.5 Å². The van der Waals surface area contributed by atoms with Gasteiger partial charge in [0.05, 0.1) is 16.1 Å². The Morgan fingerprint density at radius 2 is 2.11 bits per heavy atom. The highest BCUT2D eigenvalue weighted by molar-refractivity contribution is 6.76. The number of ether oxygens (including phenoxy) is 1. The number of fused-ring (bicyclic) bond motifs is 1. The predicted octanol–water partition coefficient (Wildman–Crippen LogP) is 4.00. The van der Waals surface area contributed by atoms with E-state index in [0.29, 0.717) is 6.73 Å². The Morgan fingerprint density at radius 3 is 2.83 bits per heavy atom. The Balaban J connectivity index is 2.00. The second-order valence-corrected chi connectivity index (χ2v) is 11.7. The number of rotatable bonds is 5. The van der Waals surface area contributed by atoms with Crippen LogP contribution in [0.5, 0.6) is 0 Å². The molecule has 0 aliphatic heterocycles. The van der Waals surface area contributed by atoms with Gasteiger partial charge in [0.15, 0.2) is 0 Å². The van der Waals surface area contributed by atoms with Gasteiger partial charge >= 0.3 is 0 Å². The molecule has 0 fully saturated rings. The van der Waals surface area contributed by atoms with E-state index in [4.69, 9.17) is 16.3 Å². The van der Waals surface area contributed by atoms with E-state index >= 15 is 0 Å². The average molecular weight is 283 g/mol. The van der Waals surface area contributed by atoms with Crippen molar-refractivity contribution in [2.24, 2.45) is 0 Å². The fourth-order valence-corrected chi connectivity index (χ4v) is 2.75. The second-order valence-electron chi connectivity index (χ2n) is 5.66. The molecule has 0 aliphatic carbocycles. The van der Waals surface area contributed by atoms with Crippen LogP contribution in [0.3, 0.4) is 0 Å². The zero-order chi connectivity index (χ0) is 13.2. The first-order valence-corrected chi connectivity index (χ1v) is 10.2. The summed E-state index contributed by atoms with van der Waals surface area (Å²) in [6, 6.07) is 4.95. The van der Waals surface area contributed by atoms with Crippen molar-refractivity contribution in [3.05, 3.63) is 29.5 Å². The monoisotopic (exact) mass is 282 g/mol. The zero-order valence-electron chi connectivity index (χ0n) is 11.1. The molecular weight excluding hydrogens is 264 g/mol. The topological polar surface area (TPSA) is 27.1 Å². The SMILES string of the molecule is C[Si](C)(C)CCOCn1ccc2nccc(Cl)c21. The minimum Gasteiger partial charge on any atom is -0.361 e. The average Bonchev–Trinajstić information content (AvgIpc) is 2.68. The van der Waals surface area contributed by atoms with Crippen molar-refractivity contribution >= 4 is 30.7 Å². The van der Waals surface area contributed by atoms with Gasteiger partial charge in [-0.15, -0.1) is 0 Å². The van der Waals surface area contributed by atoms with Gasteiger partial charge in [-0.1, -0.05) is 31.2 Å². The van der Waals surface area contributed by atoms with Gasteiger partial charge in [0.2, 0.25) is 0 Å². The molecule has 18 heavy (non-hydrogen) atoms. The summed E-state index contributed by atoms with van der Waals surface area (Å²) < 4.78 is 7.74. The van der Waals surface area contributed by atoms with Gasteiger partial charge in [0.1, 0.15) is 6.73 Å². The highest BCUT2D eigenvalue weighted by Gasteiger charge is 2.12. The molecular formula is C13H19ClN2OSi. The molecule has 0 aliphatic rings. The lowest BCUT2D eigenvalue weighted by atomic mass is 10.4. The fraction of sp³-hybridized carbons (Fsp3) is 0.462. The van der Waals surface area contributed by atoms with Crippen molar-refractivity contribution in [3.63, 3.8) is 0 Å². The van der Waals surface area contributed by atoms with Gasteiger partial charge in [0, 0.05) is 27.1 Å². The van der Waals surface area contributed by atoms with Gasteiger partial charge in [-0.05, 0) is 18.2 Å². The van der Waals surface area contributed by atoms with Crippen LogP contribution >= 0.6 is 11.6 Å². The minimum atomic E-state index is -1.02. The lowest BCUT2D eigenvalue weighted by molar-refractivity contribution is 0.0902. The standard InChI is InChI=1S/C13H19ClN2OSi/c1-18(2,3)9-8-17-10-16-7-5-12-13(16)11(14)4-6-15-12/h4-7H,8-10H2,1-3H3. The van der Waals surface area contributed by atoms with E-state index in [2.05, 4.69) is 24.6 Å². The number of halogens is 1. The maximum absolute atomic E-state index is 6.18. The third-order valence-electron chi connectivity index (χ3n) is 2.83. The summed E-state index contributed by atoms with van der Waals surface area (Å²) in [5.41, 5.74) is 1.86. The lowest BCUT2D eigenvalue weighted by Crippen LogP contribution is -2.21. The zero-order valence-corrected chi connectivity index (χ0v) is 12.9. The van der Waals surface area contributed by atoms with E-state index in [-0.39, 0.29) is 0 Å². The van der Waals surface area contributed by atoms with Crippen molar-refractivity contribution in [1.29, 1.82) is 0 Å². The Labute approximate surface area is 114 Å². The van der Waals surface area contributed by atoms with E-state index in [0.717, 1.165) is 22.7 Å². The van der Waals surface area contributed by atoms with Gasteiger partial charge in [-0.3, -0.25) is 4.98 Å². The third kappa shape index (κ3) is 3.34. The molecule has 5 heteroatoms. The summed E-state index contributed by atoms with van der Waals surface area (Å²) in [6.45, 7) is 8.40. The number of nitrogens with zero attached hydrogens (tertiary/aromatic N) is 2. The Bertz CT molecular complexity index is 533. The van der Waals surface area contributed by atoms with Crippen LogP contribution in [0.15, 0.2) is 24.5 Å². The van der Waals surface area contributed by atoms with Crippen LogP contribution in [0, 0.1) is 0 Å². The molecule has 0 atom stereocenters. The van der Waals surface area contributed by atoms with Crippen molar-refractivity contribution < 1.29 is 4.74 Å². The number of pyridine rings is 1. The molecule has 2 aromatic rings. The summed E-state index contributed by atoms with van der Waals surface area (Å²) in [4.78, 5) is 4.28. The first-order chi connectivity index (χ1) is 8.47. The molecule has 2 heterocycles. The van der Waals surface area contributed by atoms with Crippen LogP contribution in [-0.4, -0.2) is 24.2 Å². The molecule has 0 radical (unpaired) electrons. The van der Waals surface area contributed by atoms with E-state index in [1.165, 1.54) is 6.04 Å². The van der Waals surface area contributed by atoms with Gasteiger partial charge in [0.25, 0.3) is 0 Å². The van der Waals surface area contributed by atoms with Crippen molar-refractivity contribution in [3.8, 4) is 0 Å². The molecule has 98 valence electrons. The normalized spacial score (nSPS) is 12.2. The van der Waals surface area contributed by atoms with E-state index in [1.807, 2.05) is 22.9 Å². The van der Waals surface area contributed by atoms with Crippen LogP contribution in [0.1, 0.15) is 0 Å². The largest absolute Gasteiger partial charge is 0.361 e. The fourth-order valence-electron chi connectivity index (χ4n) is 1.74. The molecule has 2 aromatic heterocycles. The smallest absolute Gasteiger partial charge is 0.122 e. The molecule has 0 bridgehead atoms. The third-order valence-corrected chi connectivity index (χ3v) is 4.84. The van der Waals surface area contributed by atoms with Crippen LogP contribution < -0.4 is 0 Å². The van der Waals surface area contributed by atoms with Crippen LogP contribution in [0.2, 0.25) is 30.7 Å². The Kier molecular flexibility index (Phi) is 4.09. The highest BCUT2D eigenvalue weighted by Crippen LogP contribution is 2.22. The molecule has 0 aromatic carbocycles. The quantitative estimate of drug-likeness (QED) is 0.612. The Morgan fingerprint density at radius 1 is 1.33 bits per heavy atom. The summed E-state index contributed by atoms with van der Waals surface area (Å²) in [5, 5.41) is 0.721. The lowest BCUT2D eigenvalue weighted by Gasteiger charge is -2.15. The summed E-state index contributed by atoms with van der Waals surface area (Å²) in [7, 11) is -1.02. The predicted molar refractivity (Wildman–Crippen MR) is 78.8 cm³/mol. The number of hydrogen-bond acceptors (Lipinski definition) is 2. The van der Waals surface area contributed by atoms with Gasteiger partial charge in [-0.25, -0.2) is 0 Å². The summed E-state index contributed by atoms with van der Waals surface area (Å²) in [6.07, 6.45) is 3.69. The molecule has 0 saturated carbocycles. The first-order valence-electron chi connectivity index (χ1n) is 6.14. The maximum atomic E-state index is 6.18. The summed E-state index contributed by atoms with van der Waals surface area (Å²) >= 11 is 6.18. The van der Waals surface area contributed by atoms with E-state index in [9.17, 15) is 0 Å². The molecule has 0 spiro atoms. The highest BCUT2D eigenvalue weighted by atomic mass is 35.5. The maximum Gasteiger partial charge on any atom is 0.122 e. The van der Waals surface area contributed by atoms with E-state index in [1.54, 1.807) is 6.20 Å². The molecule has 3 nitrogen and oxygen atoms in total. The molecule has 2 rings (SSSR count). The molecule has 0 saturated heterocycles. The number of aromatic nitrogens is 2. The van der Waals surface area contributed by atoms with Crippen molar-refractivity contribution in [2.45, 2.75) is 32.4 Å². The summed E-state index contributed by atoms with van der Waals surface area (Å²) in [5.74, 6) is 0. The van der Waals surface area contributed by atoms with Crippen LogP contribution in [0.25, 0.3) is 11.0 Å².